The SMILES string of the molecule is [2H]C1([2H])NC([2H])([2H])C([2H])([2H])C(C(C)(C)C)C1([2H])[2H]. The molecule has 1 heteroatoms. The van der Waals surface area contributed by atoms with Gasteiger partial charge in [0.05, 0.1) is 0 Å². The first kappa shape index (κ1) is 2.48. The Kier molecular flexibility index (Phi) is 0.722. The van der Waals surface area contributed by atoms with Gasteiger partial charge in [0.2, 0.25) is 0 Å². The highest BCUT2D eigenvalue weighted by Crippen LogP contribution is 2.32. The molecule has 0 aromatic heterocycles. The van der Waals surface area contributed by atoms with Crippen LogP contribution in [0.25, 0.3) is 0 Å². The van der Waals surface area contributed by atoms with E-state index >= 15 is 0 Å². The van der Waals surface area contributed by atoms with Gasteiger partial charge in [0.15, 0.2) is 0 Å². The summed E-state index contributed by atoms with van der Waals surface area (Å²) in [5.74, 6) is -1.43. The summed E-state index contributed by atoms with van der Waals surface area (Å²) in [6.07, 6.45) is -5.05. The lowest BCUT2D eigenvalue weighted by Gasteiger charge is -2.34. The molecule has 1 rings (SSSR count). The number of hydrogen-bond acceptors (Lipinski definition) is 1. The summed E-state index contributed by atoms with van der Waals surface area (Å²) in [5, 5.41) is 1.83. The minimum Gasteiger partial charge on any atom is -0.317 e. The zero-order chi connectivity index (χ0) is 14.8. The van der Waals surface area contributed by atoms with E-state index in [-0.39, 0.29) is 0 Å². The molecule has 1 fully saturated rings. The molecule has 1 aliphatic heterocycles. The Morgan fingerprint density at radius 2 is 1.80 bits per heavy atom. The van der Waals surface area contributed by atoms with Crippen LogP contribution in [-0.4, -0.2) is 13.0 Å². The van der Waals surface area contributed by atoms with Crippen LogP contribution in [0.2, 0.25) is 0 Å². The molecule has 0 radical (unpaired) electrons. The highest BCUT2D eigenvalue weighted by atomic mass is 14.9. The van der Waals surface area contributed by atoms with Crippen molar-refractivity contribution >= 4 is 0 Å². The Hall–Kier alpha value is -0.0400. The molecule has 0 amide bonds. The van der Waals surface area contributed by atoms with Crippen LogP contribution in [0.3, 0.4) is 0 Å². The Morgan fingerprint density at radius 1 is 1.30 bits per heavy atom. The molecule has 0 atom stereocenters. The number of piperidine rings is 1. The van der Waals surface area contributed by atoms with Crippen LogP contribution in [0.1, 0.15) is 44.5 Å². The average molecular weight is 149 g/mol. The van der Waals surface area contributed by atoms with Crippen LogP contribution in [-0.2, 0) is 0 Å². The number of rotatable bonds is 0. The molecule has 0 unspecified atom stereocenters. The minimum atomic E-state index is -2.64. The molecule has 0 aliphatic carbocycles. The standard InChI is InChI=1S/C9H19N/c1-9(2,3)8-4-6-10-7-5-8/h8,10H,4-7H2,1-3H3/i4D2,5D2,6D2,7D2. The van der Waals surface area contributed by atoms with Crippen molar-refractivity contribution in [1.29, 1.82) is 0 Å². The molecule has 0 aromatic rings. The molecule has 1 aliphatic rings. The van der Waals surface area contributed by atoms with Gasteiger partial charge in [-0.15, -0.1) is 0 Å². The maximum atomic E-state index is 7.90. The van der Waals surface area contributed by atoms with Gasteiger partial charge in [-0.25, -0.2) is 0 Å². The molecule has 60 valence electrons. The van der Waals surface area contributed by atoms with E-state index in [0.29, 0.717) is 0 Å². The normalized spacial score (nSPS) is 55.1. The molecular weight excluding hydrogens is 122 g/mol. The molecule has 10 heavy (non-hydrogen) atoms. The van der Waals surface area contributed by atoms with Gasteiger partial charge >= 0.3 is 0 Å². The summed E-state index contributed by atoms with van der Waals surface area (Å²) < 4.78 is 62.2. The van der Waals surface area contributed by atoms with E-state index in [1.54, 1.807) is 20.8 Å². The lowest BCUT2D eigenvalue weighted by Crippen LogP contribution is -2.34. The van der Waals surface area contributed by atoms with Crippen molar-refractivity contribution < 1.29 is 11.0 Å². The van der Waals surface area contributed by atoms with Crippen molar-refractivity contribution in [2.45, 2.75) is 33.5 Å². The van der Waals surface area contributed by atoms with E-state index < -0.39 is 37.1 Å². The molecular formula is C9H19N. The van der Waals surface area contributed by atoms with Gasteiger partial charge in [-0.3, -0.25) is 0 Å². The van der Waals surface area contributed by atoms with Gasteiger partial charge in [0.1, 0.15) is 0 Å². The lowest BCUT2D eigenvalue weighted by molar-refractivity contribution is 0.188. The maximum Gasteiger partial charge on any atom is 0.0428 e. The van der Waals surface area contributed by atoms with Gasteiger partial charge < -0.3 is 5.32 Å². The van der Waals surface area contributed by atoms with Gasteiger partial charge in [-0.05, 0) is 37.1 Å². The predicted molar refractivity (Wildman–Crippen MR) is 45.0 cm³/mol. The average Bonchev–Trinajstić information content (AvgIpc) is 1.93. The Labute approximate surface area is 75.4 Å². The van der Waals surface area contributed by atoms with Crippen molar-refractivity contribution in [2.75, 3.05) is 13.0 Å². The third kappa shape index (κ3) is 1.98. The van der Waals surface area contributed by atoms with Crippen LogP contribution in [0.5, 0.6) is 0 Å². The second kappa shape index (κ2) is 2.91. The zero-order valence-corrected chi connectivity index (χ0v) is 6.58. The summed E-state index contributed by atoms with van der Waals surface area (Å²) >= 11 is 0. The summed E-state index contributed by atoms with van der Waals surface area (Å²) in [6.45, 7) is -0.513. The van der Waals surface area contributed by atoms with E-state index in [1.165, 1.54) is 0 Å². The number of hydrogen-bond donors (Lipinski definition) is 1. The second-order valence-electron chi connectivity index (χ2n) is 3.46. The smallest absolute Gasteiger partial charge is 0.0428 e. The van der Waals surface area contributed by atoms with E-state index in [0.717, 1.165) is 0 Å². The predicted octanol–water partition coefficient (Wildman–Crippen LogP) is 2.03. The van der Waals surface area contributed by atoms with E-state index in [9.17, 15) is 0 Å². The third-order valence-electron chi connectivity index (χ3n) is 1.42. The highest BCUT2D eigenvalue weighted by Gasteiger charge is 2.25. The fraction of sp³-hybridized carbons (Fsp3) is 1.00. The molecule has 0 saturated carbocycles. The summed E-state index contributed by atoms with van der Waals surface area (Å²) in [7, 11) is 0. The second-order valence-corrected chi connectivity index (χ2v) is 3.46. The maximum absolute atomic E-state index is 7.90. The molecule has 1 N–H and O–H groups in total. The van der Waals surface area contributed by atoms with Gasteiger partial charge in [0, 0.05) is 11.0 Å². The summed E-state index contributed by atoms with van der Waals surface area (Å²) in [4.78, 5) is 0. The lowest BCUT2D eigenvalue weighted by atomic mass is 9.76. The quantitative estimate of drug-likeness (QED) is 0.556. The van der Waals surface area contributed by atoms with Gasteiger partial charge in [-0.1, -0.05) is 20.8 Å². The Balaban J connectivity index is 3.48. The summed E-state index contributed by atoms with van der Waals surface area (Å²) in [5.41, 5.74) is -0.921. The summed E-state index contributed by atoms with van der Waals surface area (Å²) in [6, 6.07) is 0. The Bertz CT molecular complexity index is 317. The fourth-order valence-corrected chi connectivity index (χ4v) is 0.717. The van der Waals surface area contributed by atoms with E-state index in [4.69, 9.17) is 11.0 Å². The first-order valence-electron chi connectivity index (χ1n) is 7.37. The highest BCUT2D eigenvalue weighted by molar-refractivity contribution is 4.78. The number of nitrogens with one attached hydrogen (secondary N) is 1. The van der Waals surface area contributed by atoms with Crippen LogP contribution < -0.4 is 5.32 Å². The van der Waals surface area contributed by atoms with Crippen molar-refractivity contribution in [3.8, 4) is 0 Å². The fourth-order valence-electron chi connectivity index (χ4n) is 0.717. The molecule has 0 bridgehead atoms. The van der Waals surface area contributed by atoms with Crippen LogP contribution in [0, 0.1) is 11.3 Å². The largest absolute Gasteiger partial charge is 0.317 e. The zero-order valence-electron chi connectivity index (χ0n) is 14.6. The van der Waals surface area contributed by atoms with Crippen molar-refractivity contribution in [2.24, 2.45) is 11.3 Å². The Morgan fingerprint density at radius 3 is 2.20 bits per heavy atom. The van der Waals surface area contributed by atoms with Gasteiger partial charge in [-0.2, -0.15) is 0 Å². The molecule has 0 aromatic carbocycles. The molecule has 1 nitrogen and oxygen atoms in total. The van der Waals surface area contributed by atoms with Crippen LogP contribution in [0.15, 0.2) is 0 Å². The van der Waals surface area contributed by atoms with Gasteiger partial charge in [0.25, 0.3) is 0 Å². The van der Waals surface area contributed by atoms with E-state index in [1.807, 2.05) is 5.32 Å². The monoisotopic (exact) mass is 149 g/mol. The molecule has 1 heterocycles. The van der Waals surface area contributed by atoms with E-state index in [2.05, 4.69) is 0 Å². The van der Waals surface area contributed by atoms with Crippen molar-refractivity contribution in [3.05, 3.63) is 0 Å². The molecule has 0 spiro atoms. The van der Waals surface area contributed by atoms with Crippen LogP contribution >= 0.6 is 0 Å². The van der Waals surface area contributed by atoms with Crippen molar-refractivity contribution in [3.63, 3.8) is 0 Å². The minimum absolute atomic E-state index is 0.921. The van der Waals surface area contributed by atoms with Crippen LogP contribution in [0.4, 0.5) is 0 Å². The first-order chi connectivity index (χ1) is 7.57. The third-order valence-corrected chi connectivity index (χ3v) is 1.42. The molecule has 1 saturated heterocycles. The first-order valence-corrected chi connectivity index (χ1v) is 3.37. The topological polar surface area (TPSA) is 12.0 Å². The van der Waals surface area contributed by atoms with Crippen molar-refractivity contribution in [1.82, 2.24) is 5.32 Å².